The first-order valence-corrected chi connectivity index (χ1v) is 9.59. The van der Waals surface area contributed by atoms with Crippen LogP contribution < -0.4 is 10.5 Å². The van der Waals surface area contributed by atoms with E-state index < -0.39 is 0 Å². The van der Waals surface area contributed by atoms with Crippen molar-refractivity contribution in [1.29, 1.82) is 0 Å². The maximum atomic E-state index is 11.2. The number of primary amides is 1. The zero-order valence-corrected chi connectivity index (χ0v) is 15.5. The lowest BCUT2D eigenvalue weighted by Gasteiger charge is -2.31. The van der Waals surface area contributed by atoms with E-state index in [4.69, 9.17) is 10.5 Å². The van der Waals surface area contributed by atoms with E-state index >= 15 is 0 Å². The van der Waals surface area contributed by atoms with Crippen LogP contribution in [0, 0.1) is 5.92 Å². The lowest BCUT2D eigenvalue weighted by molar-refractivity contribution is -0.115. The molecule has 0 spiro atoms. The number of benzene rings is 1. The van der Waals surface area contributed by atoms with Crippen LogP contribution in [0.2, 0.25) is 0 Å². The molecule has 6 nitrogen and oxygen atoms in total. The largest absolute Gasteiger partial charge is 0.497 e. The lowest BCUT2D eigenvalue weighted by Crippen LogP contribution is -2.23. The second-order valence-electron chi connectivity index (χ2n) is 6.49. The number of amides is 1. The van der Waals surface area contributed by atoms with E-state index in [-0.39, 0.29) is 11.7 Å². The van der Waals surface area contributed by atoms with Crippen LogP contribution in [0.4, 0.5) is 0 Å². The van der Waals surface area contributed by atoms with Gasteiger partial charge >= 0.3 is 0 Å². The van der Waals surface area contributed by atoms with Crippen LogP contribution in [0.15, 0.2) is 29.4 Å². The van der Waals surface area contributed by atoms with Crippen molar-refractivity contribution in [1.82, 2.24) is 14.8 Å². The van der Waals surface area contributed by atoms with Gasteiger partial charge in [-0.2, -0.15) is 0 Å². The maximum absolute atomic E-state index is 11.2. The normalized spacial score (nSPS) is 20.4. The Morgan fingerprint density at radius 2 is 2.00 bits per heavy atom. The molecular weight excluding hydrogens is 336 g/mol. The summed E-state index contributed by atoms with van der Waals surface area (Å²) in [7, 11) is 1.65. The molecule has 134 valence electrons. The standard InChI is InChI=1S/C18H24N4O2S/c1-12-5-3-4-6-15(12)22-17(13-7-9-14(24-2)10-8-13)20-21-18(22)25-11-16(19)23/h7-10,12,15H,3-6,11H2,1-2H3,(H2,19,23)/t12-,15-/m1/s1. The van der Waals surface area contributed by atoms with E-state index in [0.717, 1.165) is 28.7 Å². The molecule has 1 aromatic heterocycles. The number of rotatable bonds is 6. The number of nitrogens with zero attached hydrogens (tertiary/aromatic N) is 3. The molecule has 7 heteroatoms. The van der Waals surface area contributed by atoms with Crippen LogP contribution in [-0.2, 0) is 4.79 Å². The van der Waals surface area contributed by atoms with E-state index in [1.54, 1.807) is 7.11 Å². The van der Waals surface area contributed by atoms with Gasteiger partial charge in [-0.05, 0) is 43.0 Å². The van der Waals surface area contributed by atoms with Crippen LogP contribution in [0.5, 0.6) is 5.75 Å². The SMILES string of the molecule is COc1ccc(-c2nnc(SCC(N)=O)n2[C@@H]2CCCC[C@H]2C)cc1. The smallest absolute Gasteiger partial charge is 0.227 e. The van der Waals surface area contributed by atoms with Gasteiger partial charge in [0.05, 0.1) is 12.9 Å². The van der Waals surface area contributed by atoms with Crippen molar-refractivity contribution in [3.63, 3.8) is 0 Å². The van der Waals surface area contributed by atoms with Crippen LogP contribution in [0.25, 0.3) is 11.4 Å². The van der Waals surface area contributed by atoms with Gasteiger partial charge in [-0.15, -0.1) is 10.2 Å². The van der Waals surface area contributed by atoms with E-state index in [0.29, 0.717) is 12.0 Å². The topological polar surface area (TPSA) is 83.0 Å². The van der Waals surface area contributed by atoms with Gasteiger partial charge in [-0.25, -0.2) is 0 Å². The molecule has 0 aliphatic heterocycles. The fourth-order valence-corrected chi connectivity index (χ4v) is 4.16. The highest BCUT2D eigenvalue weighted by molar-refractivity contribution is 7.99. The van der Waals surface area contributed by atoms with Crippen LogP contribution in [0.1, 0.15) is 38.6 Å². The third kappa shape index (κ3) is 3.98. The van der Waals surface area contributed by atoms with Crippen molar-refractivity contribution >= 4 is 17.7 Å². The van der Waals surface area contributed by atoms with Gasteiger partial charge in [0.1, 0.15) is 5.75 Å². The van der Waals surface area contributed by atoms with Crippen molar-refractivity contribution in [3.05, 3.63) is 24.3 Å². The van der Waals surface area contributed by atoms with Gasteiger partial charge in [0.2, 0.25) is 5.91 Å². The number of hydrogen-bond acceptors (Lipinski definition) is 5. The second kappa shape index (κ2) is 7.91. The number of nitrogens with two attached hydrogens (primary N) is 1. The maximum Gasteiger partial charge on any atom is 0.227 e. The number of carbonyl (C=O) groups is 1. The molecule has 0 saturated heterocycles. The Morgan fingerprint density at radius 3 is 2.64 bits per heavy atom. The molecule has 1 heterocycles. The Labute approximate surface area is 152 Å². The minimum absolute atomic E-state index is 0.210. The van der Waals surface area contributed by atoms with Crippen LogP contribution >= 0.6 is 11.8 Å². The first-order chi connectivity index (χ1) is 12.1. The summed E-state index contributed by atoms with van der Waals surface area (Å²) in [5.41, 5.74) is 6.31. The summed E-state index contributed by atoms with van der Waals surface area (Å²) in [5, 5.41) is 9.55. The molecule has 1 aliphatic rings. The predicted molar refractivity (Wildman–Crippen MR) is 98.6 cm³/mol. The van der Waals surface area contributed by atoms with Gasteiger partial charge in [-0.1, -0.05) is 31.5 Å². The van der Waals surface area contributed by atoms with E-state index in [9.17, 15) is 4.79 Å². The van der Waals surface area contributed by atoms with Crippen LogP contribution in [0.3, 0.4) is 0 Å². The molecule has 2 atom stereocenters. The van der Waals surface area contributed by atoms with Crippen molar-refractivity contribution in [2.24, 2.45) is 11.7 Å². The average Bonchev–Trinajstić information content (AvgIpc) is 3.04. The first kappa shape index (κ1) is 17.8. The van der Waals surface area contributed by atoms with Gasteiger partial charge in [0.15, 0.2) is 11.0 Å². The summed E-state index contributed by atoms with van der Waals surface area (Å²) < 4.78 is 7.45. The van der Waals surface area contributed by atoms with Crippen molar-refractivity contribution in [3.8, 4) is 17.1 Å². The van der Waals surface area contributed by atoms with Gasteiger partial charge in [-0.3, -0.25) is 9.36 Å². The minimum atomic E-state index is -0.345. The zero-order valence-electron chi connectivity index (χ0n) is 14.6. The molecule has 0 radical (unpaired) electrons. The Morgan fingerprint density at radius 1 is 1.28 bits per heavy atom. The van der Waals surface area contributed by atoms with Crippen molar-refractivity contribution in [2.45, 2.75) is 43.8 Å². The van der Waals surface area contributed by atoms with E-state index in [2.05, 4.69) is 21.7 Å². The van der Waals surface area contributed by atoms with Crippen molar-refractivity contribution < 1.29 is 9.53 Å². The molecule has 1 aromatic carbocycles. The first-order valence-electron chi connectivity index (χ1n) is 8.60. The molecule has 1 saturated carbocycles. The van der Waals surface area contributed by atoms with Crippen molar-refractivity contribution in [2.75, 3.05) is 12.9 Å². The van der Waals surface area contributed by atoms with Gasteiger partial charge in [0, 0.05) is 11.6 Å². The Kier molecular flexibility index (Phi) is 5.63. The molecule has 25 heavy (non-hydrogen) atoms. The Bertz CT molecular complexity index is 729. The summed E-state index contributed by atoms with van der Waals surface area (Å²) in [5.74, 6) is 2.07. The fourth-order valence-electron chi connectivity index (χ4n) is 3.43. The summed E-state index contributed by atoms with van der Waals surface area (Å²) in [6.07, 6.45) is 4.77. The summed E-state index contributed by atoms with van der Waals surface area (Å²) in [4.78, 5) is 11.2. The molecular formula is C18H24N4O2S. The molecule has 1 fully saturated rings. The minimum Gasteiger partial charge on any atom is -0.497 e. The molecule has 2 aromatic rings. The number of aromatic nitrogens is 3. The van der Waals surface area contributed by atoms with E-state index in [1.807, 2.05) is 24.3 Å². The number of ether oxygens (including phenoxy) is 1. The zero-order chi connectivity index (χ0) is 17.8. The monoisotopic (exact) mass is 360 g/mol. The highest BCUT2D eigenvalue weighted by Crippen LogP contribution is 2.39. The molecule has 2 N–H and O–H groups in total. The molecule has 1 amide bonds. The molecule has 1 aliphatic carbocycles. The third-order valence-electron chi connectivity index (χ3n) is 4.75. The van der Waals surface area contributed by atoms with Gasteiger partial charge < -0.3 is 10.5 Å². The number of carbonyl (C=O) groups excluding carboxylic acids is 1. The Hall–Kier alpha value is -2.02. The number of thioether (sulfide) groups is 1. The Balaban J connectivity index is 1.99. The van der Waals surface area contributed by atoms with Crippen LogP contribution in [-0.4, -0.2) is 33.5 Å². The van der Waals surface area contributed by atoms with E-state index in [1.165, 1.54) is 31.0 Å². The number of hydrogen-bond donors (Lipinski definition) is 1. The fraction of sp³-hybridized carbons (Fsp3) is 0.500. The number of methoxy groups -OCH3 is 1. The molecule has 0 unspecified atom stereocenters. The van der Waals surface area contributed by atoms with Gasteiger partial charge in [0.25, 0.3) is 0 Å². The highest BCUT2D eigenvalue weighted by Gasteiger charge is 2.28. The second-order valence-corrected chi connectivity index (χ2v) is 7.43. The lowest BCUT2D eigenvalue weighted by atomic mass is 9.85. The third-order valence-corrected chi connectivity index (χ3v) is 5.72. The average molecular weight is 360 g/mol. The predicted octanol–water partition coefficient (Wildman–Crippen LogP) is 3.28. The summed E-state index contributed by atoms with van der Waals surface area (Å²) in [6.45, 7) is 2.28. The summed E-state index contributed by atoms with van der Waals surface area (Å²) in [6, 6.07) is 8.19. The molecule has 3 rings (SSSR count). The quantitative estimate of drug-likeness (QED) is 0.799. The highest BCUT2D eigenvalue weighted by atomic mass is 32.2. The summed E-state index contributed by atoms with van der Waals surface area (Å²) >= 11 is 1.36. The molecule has 0 bridgehead atoms.